The lowest BCUT2D eigenvalue weighted by atomic mass is 9.98. The average Bonchev–Trinajstić information content (AvgIpc) is 2.56. The second kappa shape index (κ2) is 6.29. The maximum Gasteiger partial charge on any atom is 0.243 e. The van der Waals surface area contributed by atoms with Crippen molar-refractivity contribution in [2.45, 2.75) is 37.1 Å². The maximum absolute atomic E-state index is 13.1. The third kappa shape index (κ3) is 3.09. The van der Waals surface area contributed by atoms with Gasteiger partial charge in [-0.2, -0.15) is 4.31 Å². The van der Waals surface area contributed by atoms with Crippen LogP contribution >= 0.6 is 0 Å². The zero-order chi connectivity index (χ0) is 16.4. The summed E-state index contributed by atoms with van der Waals surface area (Å²) in [5, 5.41) is 0. The smallest absolute Gasteiger partial charge is 0.243 e. The number of benzene rings is 1. The summed E-state index contributed by atoms with van der Waals surface area (Å²) in [4.78, 5) is 4.44. The fourth-order valence-electron chi connectivity index (χ4n) is 3.06. The van der Waals surface area contributed by atoms with E-state index >= 15 is 0 Å². The van der Waals surface area contributed by atoms with Gasteiger partial charge in [-0.25, -0.2) is 13.4 Å². The van der Waals surface area contributed by atoms with Crippen LogP contribution in [0.15, 0.2) is 47.5 Å². The minimum Gasteiger partial charge on any atom is -0.383 e. The number of anilines is 1. The first-order valence-corrected chi connectivity index (χ1v) is 9.23. The summed E-state index contributed by atoms with van der Waals surface area (Å²) in [5.41, 5.74) is 7.81. The van der Waals surface area contributed by atoms with Crippen LogP contribution in [0.3, 0.4) is 0 Å². The number of nitrogens with zero attached hydrogens (tertiary/aromatic N) is 2. The summed E-state index contributed by atoms with van der Waals surface area (Å²) in [5.74, 6) is 0.406. The van der Waals surface area contributed by atoms with Crippen molar-refractivity contribution in [1.82, 2.24) is 9.29 Å². The Kier molecular flexibility index (Phi) is 4.37. The third-order valence-electron chi connectivity index (χ3n) is 4.31. The zero-order valence-electron chi connectivity index (χ0n) is 13.1. The SMILES string of the molecule is Cc1ccc(S(=O)(=O)N2CCCC[C@@H]2c2cccnc2N)cc1. The Morgan fingerprint density at radius 1 is 1.17 bits per heavy atom. The Bertz CT molecular complexity index is 788. The van der Waals surface area contributed by atoms with E-state index in [0.717, 1.165) is 30.4 Å². The Hall–Kier alpha value is -1.92. The molecule has 1 saturated heterocycles. The highest BCUT2D eigenvalue weighted by Crippen LogP contribution is 2.37. The topological polar surface area (TPSA) is 76.3 Å². The molecule has 2 N–H and O–H groups in total. The molecule has 0 radical (unpaired) electrons. The van der Waals surface area contributed by atoms with Gasteiger partial charge in [-0.15, -0.1) is 0 Å². The van der Waals surface area contributed by atoms with Crippen molar-refractivity contribution in [2.75, 3.05) is 12.3 Å². The van der Waals surface area contributed by atoms with Crippen LogP contribution in [0.1, 0.15) is 36.4 Å². The Balaban J connectivity index is 2.01. The predicted molar refractivity (Wildman–Crippen MR) is 90.3 cm³/mol. The molecule has 23 heavy (non-hydrogen) atoms. The molecule has 1 aliphatic rings. The average molecular weight is 331 g/mol. The molecule has 0 aliphatic carbocycles. The van der Waals surface area contributed by atoms with E-state index in [1.54, 1.807) is 28.7 Å². The molecular weight excluding hydrogens is 310 g/mol. The van der Waals surface area contributed by atoms with Crippen LogP contribution in [0.4, 0.5) is 5.82 Å². The van der Waals surface area contributed by atoms with Crippen LogP contribution in [0, 0.1) is 6.92 Å². The van der Waals surface area contributed by atoms with Gasteiger partial charge in [0.2, 0.25) is 10.0 Å². The molecule has 1 aromatic heterocycles. The first kappa shape index (κ1) is 16.0. The number of aryl methyl sites for hydroxylation is 1. The van der Waals surface area contributed by atoms with Crippen LogP contribution in [0.5, 0.6) is 0 Å². The predicted octanol–water partition coefficient (Wildman–Crippen LogP) is 2.89. The lowest BCUT2D eigenvalue weighted by Crippen LogP contribution is -2.38. The summed E-state index contributed by atoms with van der Waals surface area (Å²) in [6, 6.07) is 10.4. The maximum atomic E-state index is 13.1. The lowest BCUT2D eigenvalue weighted by Gasteiger charge is -2.35. The largest absolute Gasteiger partial charge is 0.383 e. The van der Waals surface area contributed by atoms with E-state index < -0.39 is 10.0 Å². The minimum atomic E-state index is -3.54. The van der Waals surface area contributed by atoms with Crippen LogP contribution < -0.4 is 5.73 Å². The molecular formula is C17H21N3O2S. The monoisotopic (exact) mass is 331 g/mol. The van der Waals surface area contributed by atoms with Gasteiger partial charge in [0.15, 0.2) is 0 Å². The number of pyridine rings is 1. The molecule has 2 heterocycles. The van der Waals surface area contributed by atoms with Crippen molar-refractivity contribution in [2.24, 2.45) is 0 Å². The quantitative estimate of drug-likeness (QED) is 0.938. The van der Waals surface area contributed by atoms with Crippen LogP contribution in [0.25, 0.3) is 0 Å². The van der Waals surface area contributed by atoms with Crippen LogP contribution in [-0.4, -0.2) is 24.3 Å². The van der Waals surface area contributed by atoms with Gasteiger partial charge in [0.1, 0.15) is 5.82 Å². The third-order valence-corrected chi connectivity index (χ3v) is 6.23. The van der Waals surface area contributed by atoms with Crippen molar-refractivity contribution in [3.8, 4) is 0 Å². The standard InChI is InChI=1S/C17H21N3O2S/c1-13-7-9-14(10-8-13)23(21,22)20-12-3-2-6-16(20)15-5-4-11-19-17(15)18/h4-5,7-11,16H,2-3,6,12H2,1H3,(H2,18,19)/t16-/m1/s1. The number of aromatic nitrogens is 1. The van der Waals surface area contributed by atoms with Gasteiger partial charge >= 0.3 is 0 Å². The normalized spacial score (nSPS) is 19.6. The van der Waals surface area contributed by atoms with Gasteiger partial charge in [0, 0.05) is 18.3 Å². The highest BCUT2D eigenvalue weighted by Gasteiger charge is 2.35. The summed E-state index contributed by atoms with van der Waals surface area (Å²) in [7, 11) is -3.54. The number of piperidine rings is 1. The molecule has 1 aliphatic heterocycles. The van der Waals surface area contributed by atoms with Gasteiger partial charge in [-0.1, -0.05) is 30.2 Å². The molecule has 6 heteroatoms. The number of sulfonamides is 1. The van der Waals surface area contributed by atoms with Crippen molar-refractivity contribution in [1.29, 1.82) is 0 Å². The first-order chi connectivity index (χ1) is 11.0. The van der Waals surface area contributed by atoms with Gasteiger partial charge < -0.3 is 5.73 Å². The molecule has 0 unspecified atom stereocenters. The molecule has 0 spiro atoms. The second-order valence-corrected chi connectivity index (χ2v) is 7.81. The van der Waals surface area contributed by atoms with Crippen molar-refractivity contribution in [3.05, 3.63) is 53.7 Å². The molecule has 1 atom stereocenters. The first-order valence-electron chi connectivity index (χ1n) is 7.79. The number of nitrogens with two attached hydrogens (primary N) is 1. The summed E-state index contributed by atoms with van der Waals surface area (Å²) >= 11 is 0. The van der Waals surface area contributed by atoms with E-state index in [1.807, 2.05) is 25.1 Å². The van der Waals surface area contributed by atoms with Crippen LogP contribution in [0.2, 0.25) is 0 Å². The Morgan fingerprint density at radius 2 is 1.91 bits per heavy atom. The van der Waals surface area contributed by atoms with Gasteiger partial charge in [-0.05, 0) is 38.0 Å². The number of rotatable bonds is 3. The molecule has 0 bridgehead atoms. The fourth-order valence-corrected chi connectivity index (χ4v) is 4.74. The molecule has 1 aromatic carbocycles. The molecule has 3 rings (SSSR count). The van der Waals surface area contributed by atoms with Crippen LogP contribution in [-0.2, 0) is 10.0 Å². The van der Waals surface area contributed by atoms with Crippen molar-refractivity contribution >= 4 is 15.8 Å². The number of hydrogen-bond acceptors (Lipinski definition) is 4. The Labute approximate surface area is 137 Å². The van der Waals surface area contributed by atoms with E-state index in [4.69, 9.17) is 5.73 Å². The van der Waals surface area contributed by atoms with Crippen molar-refractivity contribution in [3.63, 3.8) is 0 Å². The van der Waals surface area contributed by atoms with Gasteiger partial charge in [0.05, 0.1) is 10.9 Å². The molecule has 122 valence electrons. The minimum absolute atomic E-state index is 0.247. The molecule has 0 amide bonds. The Morgan fingerprint density at radius 3 is 2.61 bits per heavy atom. The van der Waals surface area contributed by atoms with E-state index in [-0.39, 0.29) is 6.04 Å². The van der Waals surface area contributed by atoms with Gasteiger partial charge in [-0.3, -0.25) is 0 Å². The fraction of sp³-hybridized carbons (Fsp3) is 0.353. The number of nitrogen functional groups attached to an aromatic ring is 1. The van der Waals surface area contributed by atoms with Crippen molar-refractivity contribution < 1.29 is 8.42 Å². The molecule has 0 saturated carbocycles. The van der Waals surface area contributed by atoms with Gasteiger partial charge in [0.25, 0.3) is 0 Å². The second-order valence-electron chi connectivity index (χ2n) is 5.92. The summed E-state index contributed by atoms with van der Waals surface area (Å²) < 4.78 is 27.7. The zero-order valence-corrected chi connectivity index (χ0v) is 14.0. The molecule has 5 nitrogen and oxygen atoms in total. The highest BCUT2D eigenvalue weighted by atomic mass is 32.2. The van der Waals surface area contributed by atoms with E-state index in [1.165, 1.54) is 0 Å². The van der Waals surface area contributed by atoms with E-state index in [2.05, 4.69) is 4.98 Å². The summed E-state index contributed by atoms with van der Waals surface area (Å²) in [6.45, 7) is 2.45. The highest BCUT2D eigenvalue weighted by molar-refractivity contribution is 7.89. The molecule has 1 fully saturated rings. The molecule has 2 aromatic rings. The van der Waals surface area contributed by atoms with E-state index in [9.17, 15) is 8.42 Å². The lowest BCUT2D eigenvalue weighted by molar-refractivity contribution is 0.256. The number of hydrogen-bond donors (Lipinski definition) is 1. The van der Waals surface area contributed by atoms with E-state index in [0.29, 0.717) is 17.3 Å². The summed E-state index contributed by atoms with van der Waals surface area (Å²) in [6.07, 6.45) is 4.24.